The predicted molar refractivity (Wildman–Crippen MR) is 61.5 cm³/mol. The van der Waals surface area contributed by atoms with Crippen LogP contribution >= 0.6 is 11.6 Å². The zero-order valence-corrected chi connectivity index (χ0v) is 9.57. The highest BCUT2D eigenvalue weighted by molar-refractivity contribution is 6.34. The van der Waals surface area contributed by atoms with Crippen LogP contribution in [0.4, 0.5) is 4.39 Å². The molecule has 0 aliphatic carbocycles. The van der Waals surface area contributed by atoms with Gasteiger partial charge in [0.15, 0.2) is 12.0 Å². The van der Waals surface area contributed by atoms with Gasteiger partial charge in [0.05, 0.1) is 16.1 Å². The molecular weight excluding hydrogens is 263 g/mol. The molecule has 0 atom stereocenters. The molecule has 0 fully saturated rings. The Hall–Kier alpha value is -2.14. The molecule has 4 nitrogen and oxygen atoms in total. The van der Waals surface area contributed by atoms with E-state index >= 15 is 0 Å². The molecule has 0 radical (unpaired) electrons. The Kier molecular flexibility index (Phi) is 3.16. The number of hydrogen-bond donors (Lipinski definition) is 1. The summed E-state index contributed by atoms with van der Waals surface area (Å²) >= 11 is 5.73. The number of carbonyl (C=O) groups excluding carboxylic acids is 1. The van der Waals surface area contributed by atoms with Crippen molar-refractivity contribution in [3.63, 3.8) is 0 Å². The van der Waals surface area contributed by atoms with Gasteiger partial charge >= 0.3 is 5.97 Å². The van der Waals surface area contributed by atoms with E-state index in [1.54, 1.807) is 0 Å². The second-order valence-corrected chi connectivity index (χ2v) is 3.81. The van der Waals surface area contributed by atoms with Crippen LogP contribution in [0.25, 0.3) is 11.3 Å². The zero-order valence-electron chi connectivity index (χ0n) is 8.81. The first-order valence-electron chi connectivity index (χ1n) is 4.81. The number of carboxylic acid groups (broad SMARTS) is 1. The van der Waals surface area contributed by atoms with E-state index in [-0.39, 0.29) is 22.1 Å². The molecule has 0 aliphatic rings. The standard InChI is InChI=1S/C12H6ClFO4/c13-7-2-3-8(14)11(10(7)12(16)17)9-4-1-6(5-15)18-9/h1-5H,(H,16,17). The van der Waals surface area contributed by atoms with Gasteiger partial charge in [0.2, 0.25) is 0 Å². The van der Waals surface area contributed by atoms with Crippen LogP contribution in [0.15, 0.2) is 28.7 Å². The fourth-order valence-corrected chi connectivity index (χ4v) is 1.79. The number of carboxylic acids is 1. The van der Waals surface area contributed by atoms with Crippen molar-refractivity contribution in [2.45, 2.75) is 0 Å². The minimum atomic E-state index is -1.38. The summed E-state index contributed by atoms with van der Waals surface area (Å²) in [5, 5.41) is 8.93. The summed E-state index contributed by atoms with van der Waals surface area (Å²) in [7, 11) is 0. The van der Waals surface area contributed by atoms with Gasteiger partial charge < -0.3 is 9.52 Å². The average molecular weight is 269 g/mol. The van der Waals surface area contributed by atoms with Crippen molar-refractivity contribution in [1.82, 2.24) is 0 Å². The summed E-state index contributed by atoms with van der Waals surface area (Å²) in [6, 6.07) is 4.81. The molecule has 0 bridgehead atoms. The van der Waals surface area contributed by atoms with Gasteiger partial charge in [-0.2, -0.15) is 0 Å². The summed E-state index contributed by atoms with van der Waals surface area (Å²) in [5.41, 5.74) is -0.674. The number of aldehydes is 1. The maximum Gasteiger partial charge on any atom is 0.338 e. The van der Waals surface area contributed by atoms with E-state index in [9.17, 15) is 14.0 Å². The molecule has 92 valence electrons. The minimum Gasteiger partial charge on any atom is -0.478 e. The Morgan fingerprint density at radius 1 is 1.33 bits per heavy atom. The molecule has 1 aromatic heterocycles. The molecule has 0 spiro atoms. The summed E-state index contributed by atoms with van der Waals surface area (Å²) in [4.78, 5) is 21.6. The summed E-state index contributed by atoms with van der Waals surface area (Å²) in [5.74, 6) is -2.25. The fourth-order valence-electron chi connectivity index (χ4n) is 1.55. The number of aromatic carboxylic acids is 1. The van der Waals surface area contributed by atoms with Gasteiger partial charge in [-0.3, -0.25) is 4.79 Å². The monoisotopic (exact) mass is 268 g/mol. The fraction of sp³-hybridized carbons (Fsp3) is 0. The Morgan fingerprint density at radius 3 is 2.61 bits per heavy atom. The van der Waals surface area contributed by atoms with Gasteiger partial charge in [0.25, 0.3) is 0 Å². The lowest BCUT2D eigenvalue weighted by Crippen LogP contribution is -2.02. The highest BCUT2D eigenvalue weighted by atomic mass is 35.5. The van der Waals surface area contributed by atoms with Crippen molar-refractivity contribution < 1.29 is 23.5 Å². The van der Waals surface area contributed by atoms with E-state index in [0.29, 0.717) is 6.29 Å². The first-order valence-corrected chi connectivity index (χ1v) is 5.19. The quantitative estimate of drug-likeness (QED) is 0.868. The van der Waals surface area contributed by atoms with Crippen molar-refractivity contribution >= 4 is 23.9 Å². The molecule has 2 aromatic rings. The van der Waals surface area contributed by atoms with E-state index in [1.807, 2.05) is 0 Å². The van der Waals surface area contributed by atoms with Crippen molar-refractivity contribution in [2.24, 2.45) is 0 Å². The van der Waals surface area contributed by atoms with Gasteiger partial charge in [-0.15, -0.1) is 0 Å². The highest BCUT2D eigenvalue weighted by Crippen LogP contribution is 2.32. The van der Waals surface area contributed by atoms with Crippen LogP contribution in [0, 0.1) is 5.82 Å². The lowest BCUT2D eigenvalue weighted by atomic mass is 10.0. The Labute approximate surface area is 106 Å². The van der Waals surface area contributed by atoms with E-state index in [1.165, 1.54) is 12.1 Å². The van der Waals surface area contributed by atoms with E-state index < -0.39 is 17.3 Å². The third kappa shape index (κ3) is 2.00. The molecule has 6 heteroatoms. The number of benzene rings is 1. The molecule has 0 amide bonds. The number of furan rings is 1. The van der Waals surface area contributed by atoms with Crippen molar-refractivity contribution in [1.29, 1.82) is 0 Å². The van der Waals surface area contributed by atoms with E-state index in [0.717, 1.165) is 12.1 Å². The van der Waals surface area contributed by atoms with Gasteiger partial charge in [0.1, 0.15) is 11.6 Å². The Morgan fingerprint density at radius 2 is 2.06 bits per heavy atom. The third-order valence-corrected chi connectivity index (χ3v) is 2.62. The number of halogens is 2. The molecule has 1 N–H and O–H groups in total. The van der Waals surface area contributed by atoms with Gasteiger partial charge in [-0.25, -0.2) is 9.18 Å². The maximum absolute atomic E-state index is 13.7. The molecule has 1 heterocycles. The van der Waals surface area contributed by atoms with Crippen LogP contribution in [0.2, 0.25) is 5.02 Å². The Balaban J connectivity index is 2.72. The molecule has 1 aromatic carbocycles. The topological polar surface area (TPSA) is 67.5 Å². The first-order chi connectivity index (χ1) is 8.54. The van der Waals surface area contributed by atoms with Crippen LogP contribution in [0.5, 0.6) is 0 Å². The Bertz CT molecular complexity index is 633. The van der Waals surface area contributed by atoms with Crippen LogP contribution in [-0.4, -0.2) is 17.4 Å². The van der Waals surface area contributed by atoms with Crippen LogP contribution in [0.3, 0.4) is 0 Å². The molecule has 18 heavy (non-hydrogen) atoms. The highest BCUT2D eigenvalue weighted by Gasteiger charge is 2.22. The number of carbonyl (C=O) groups is 2. The average Bonchev–Trinajstić information content (AvgIpc) is 2.79. The van der Waals surface area contributed by atoms with E-state index in [4.69, 9.17) is 21.1 Å². The zero-order chi connectivity index (χ0) is 13.3. The molecule has 2 rings (SSSR count). The second-order valence-electron chi connectivity index (χ2n) is 3.40. The van der Waals surface area contributed by atoms with Crippen LogP contribution in [-0.2, 0) is 0 Å². The van der Waals surface area contributed by atoms with E-state index in [2.05, 4.69) is 0 Å². The molecular formula is C12H6ClFO4. The summed E-state index contributed by atoms with van der Waals surface area (Å²) < 4.78 is 18.7. The minimum absolute atomic E-state index is 0.0271. The largest absolute Gasteiger partial charge is 0.478 e. The maximum atomic E-state index is 13.7. The van der Waals surface area contributed by atoms with Crippen LogP contribution in [0.1, 0.15) is 20.9 Å². The summed E-state index contributed by atoms with van der Waals surface area (Å²) in [6.45, 7) is 0. The normalized spacial score (nSPS) is 10.3. The van der Waals surface area contributed by atoms with Crippen molar-refractivity contribution in [3.05, 3.63) is 46.4 Å². The van der Waals surface area contributed by atoms with Crippen molar-refractivity contribution in [3.8, 4) is 11.3 Å². The second kappa shape index (κ2) is 4.62. The SMILES string of the molecule is O=Cc1ccc(-c2c(F)ccc(Cl)c2C(=O)O)o1. The number of rotatable bonds is 3. The lowest BCUT2D eigenvalue weighted by molar-refractivity contribution is 0.0697. The summed E-state index contributed by atoms with van der Waals surface area (Å²) in [6.07, 6.45) is 0.437. The van der Waals surface area contributed by atoms with Gasteiger partial charge in [-0.05, 0) is 24.3 Å². The molecule has 0 aliphatic heterocycles. The first kappa shape index (κ1) is 12.3. The van der Waals surface area contributed by atoms with Crippen LogP contribution < -0.4 is 0 Å². The van der Waals surface area contributed by atoms with Gasteiger partial charge in [-0.1, -0.05) is 11.6 Å². The predicted octanol–water partition coefficient (Wildman–Crippen LogP) is 3.25. The number of hydrogen-bond acceptors (Lipinski definition) is 3. The smallest absolute Gasteiger partial charge is 0.338 e. The third-order valence-electron chi connectivity index (χ3n) is 2.31. The van der Waals surface area contributed by atoms with Crippen molar-refractivity contribution in [2.75, 3.05) is 0 Å². The lowest BCUT2D eigenvalue weighted by Gasteiger charge is -2.06. The molecule has 0 unspecified atom stereocenters. The molecule has 0 saturated carbocycles. The van der Waals surface area contributed by atoms with Gasteiger partial charge in [0, 0.05) is 0 Å². The molecule has 0 saturated heterocycles.